The van der Waals surface area contributed by atoms with Gasteiger partial charge in [0.05, 0.1) is 24.4 Å². The van der Waals surface area contributed by atoms with Crippen LogP contribution in [-0.2, 0) is 13.6 Å². The minimum atomic E-state index is 0.419. The molecule has 0 aliphatic carbocycles. The average Bonchev–Trinajstić information content (AvgIpc) is 2.72. The molecule has 0 atom stereocenters. The molecule has 0 unspecified atom stereocenters. The normalized spacial score (nSPS) is 10.6. The van der Waals surface area contributed by atoms with Gasteiger partial charge in [-0.1, -0.05) is 0 Å². The van der Waals surface area contributed by atoms with Crippen LogP contribution in [0.15, 0.2) is 22.7 Å². The van der Waals surface area contributed by atoms with Crippen LogP contribution in [0.3, 0.4) is 0 Å². The molecule has 2 N–H and O–H groups in total. The highest BCUT2D eigenvalue weighted by Gasteiger charge is 2.18. The third-order valence-electron chi connectivity index (χ3n) is 2.96. The summed E-state index contributed by atoms with van der Waals surface area (Å²) < 4.78 is 13.2. The first kappa shape index (κ1) is 13.9. The van der Waals surface area contributed by atoms with Gasteiger partial charge in [0, 0.05) is 25.2 Å². The average molecular weight is 326 g/mol. The van der Waals surface area contributed by atoms with E-state index in [0.29, 0.717) is 12.3 Å². The van der Waals surface area contributed by atoms with Gasteiger partial charge >= 0.3 is 0 Å². The lowest BCUT2D eigenvalue weighted by Gasteiger charge is -2.09. The second-order valence-electron chi connectivity index (χ2n) is 4.00. The van der Waals surface area contributed by atoms with Crippen LogP contribution in [0, 0.1) is 0 Å². The summed E-state index contributed by atoms with van der Waals surface area (Å²) in [5.41, 5.74) is 8.36. The number of aryl methyl sites for hydroxylation is 1. The minimum absolute atomic E-state index is 0.419. The van der Waals surface area contributed by atoms with Crippen LogP contribution in [0.2, 0.25) is 0 Å². The molecule has 5 nitrogen and oxygen atoms in total. The summed E-state index contributed by atoms with van der Waals surface area (Å²) in [4.78, 5) is 0. The molecule has 0 bridgehead atoms. The van der Waals surface area contributed by atoms with Crippen molar-refractivity contribution in [1.82, 2.24) is 9.78 Å². The van der Waals surface area contributed by atoms with Crippen LogP contribution in [-0.4, -0.2) is 24.0 Å². The van der Waals surface area contributed by atoms with E-state index in [1.54, 1.807) is 18.9 Å². The lowest BCUT2D eigenvalue weighted by molar-refractivity contribution is 0.395. The molecule has 0 fully saturated rings. The largest absolute Gasteiger partial charge is 0.497 e. The summed E-state index contributed by atoms with van der Waals surface area (Å²) in [5.74, 6) is 1.45. The van der Waals surface area contributed by atoms with Crippen molar-refractivity contribution in [2.45, 2.75) is 6.54 Å². The molecule has 2 rings (SSSR count). The van der Waals surface area contributed by atoms with Gasteiger partial charge < -0.3 is 15.2 Å². The summed E-state index contributed by atoms with van der Waals surface area (Å²) in [7, 11) is 5.11. The molecule has 2 aromatic rings. The molecule has 0 amide bonds. The first-order valence-corrected chi connectivity index (χ1v) is 6.55. The first-order valence-electron chi connectivity index (χ1n) is 5.76. The fourth-order valence-electron chi connectivity index (χ4n) is 1.92. The first-order chi connectivity index (χ1) is 9.12. The summed E-state index contributed by atoms with van der Waals surface area (Å²) in [6.45, 7) is 0.419. The number of halogens is 1. The molecule has 0 aliphatic heterocycles. The van der Waals surface area contributed by atoms with Crippen molar-refractivity contribution in [2.75, 3.05) is 14.2 Å². The summed E-state index contributed by atoms with van der Waals surface area (Å²) in [5, 5.41) is 4.48. The number of hydrogen-bond acceptors (Lipinski definition) is 4. The van der Waals surface area contributed by atoms with Crippen molar-refractivity contribution >= 4 is 15.9 Å². The Balaban J connectivity index is 2.58. The molecular formula is C13H16BrN3O2. The zero-order valence-corrected chi connectivity index (χ0v) is 12.7. The highest BCUT2D eigenvalue weighted by molar-refractivity contribution is 9.10. The summed E-state index contributed by atoms with van der Waals surface area (Å²) in [6.07, 6.45) is 0. The third kappa shape index (κ3) is 2.46. The summed E-state index contributed by atoms with van der Waals surface area (Å²) >= 11 is 3.55. The highest BCUT2D eigenvalue weighted by Crippen LogP contribution is 2.37. The van der Waals surface area contributed by atoms with Crippen molar-refractivity contribution < 1.29 is 9.47 Å². The Bertz CT molecular complexity index is 596. The molecule has 0 saturated carbocycles. The van der Waals surface area contributed by atoms with E-state index in [9.17, 15) is 0 Å². The Morgan fingerprint density at radius 2 is 2.05 bits per heavy atom. The van der Waals surface area contributed by atoms with Crippen molar-refractivity contribution in [1.29, 1.82) is 0 Å². The van der Waals surface area contributed by atoms with Crippen LogP contribution >= 0.6 is 15.9 Å². The standard InChI is InChI=1S/C13H16BrN3O2/c1-17-10(7-15)12(14)13(16-17)9-5-4-8(18-2)6-11(9)19-3/h4-6H,7,15H2,1-3H3. The van der Waals surface area contributed by atoms with Gasteiger partial charge in [0.15, 0.2) is 0 Å². The van der Waals surface area contributed by atoms with E-state index in [2.05, 4.69) is 21.0 Å². The number of nitrogens with zero attached hydrogens (tertiary/aromatic N) is 2. The Labute approximate surface area is 120 Å². The quantitative estimate of drug-likeness (QED) is 0.937. The van der Waals surface area contributed by atoms with Gasteiger partial charge in [0.25, 0.3) is 0 Å². The molecule has 0 spiro atoms. The number of hydrogen-bond donors (Lipinski definition) is 1. The lowest BCUT2D eigenvalue weighted by atomic mass is 10.1. The van der Waals surface area contributed by atoms with Crippen molar-refractivity contribution in [2.24, 2.45) is 12.8 Å². The van der Waals surface area contributed by atoms with Gasteiger partial charge in [-0.25, -0.2) is 0 Å². The van der Waals surface area contributed by atoms with Crippen LogP contribution in [0.25, 0.3) is 11.3 Å². The van der Waals surface area contributed by atoms with Gasteiger partial charge in [-0.2, -0.15) is 5.10 Å². The second-order valence-corrected chi connectivity index (χ2v) is 4.80. The van der Waals surface area contributed by atoms with Crippen molar-refractivity contribution in [3.05, 3.63) is 28.4 Å². The molecule has 0 saturated heterocycles. The Morgan fingerprint density at radius 1 is 1.32 bits per heavy atom. The predicted molar refractivity (Wildman–Crippen MR) is 77.3 cm³/mol. The zero-order chi connectivity index (χ0) is 14.0. The Kier molecular flexibility index (Phi) is 4.11. The van der Waals surface area contributed by atoms with E-state index in [0.717, 1.165) is 27.2 Å². The fourth-order valence-corrected chi connectivity index (χ4v) is 2.63. The fraction of sp³-hybridized carbons (Fsp3) is 0.308. The Hall–Kier alpha value is -1.53. The van der Waals surface area contributed by atoms with Crippen LogP contribution in [0.1, 0.15) is 5.69 Å². The van der Waals surface area contributed by atoms with Crippen LogP contribution in [0.4, 0.5) is 0 Å². The predicted octanol–water partition coefficient (Wildman–Crippen LogP) is 2.33. The van der Waals surface area contributed by atoms with E-state index in [1.807, 2.05) is 25.2 Å². The highest BCUT2D eigenvalue weighted by atomic mass is 79.9. The van der Waals surface area contributed by atoms with Gasteiger partial charge in [-0.15, -0.1) is 0 Å². The SMILES string of the molecule is COc1ccc(-c2nn(C)c(CN)c2Br)c(OC)c1. The van der Waals surface area contributed by atoms with Gasteiger partial charge in [0.1, 0.15) is 17.2 Å². The maximum atomic E-state index is 5.72. The summed E-state index contributed by atoms with van der Waals surface area (Å²) in [6, 6.07) is 5.63. The zero-order valence-electron chi connectivity index (χ0n) is 11.1. The van der Waals surface area contributed by atoms with E-state index >= 15 is 0 Å². The van der Waals surface area contributed by atoms with Crippen molar-refractivity contribution in [3.8, 4) is 22.8 Å². The van der Waals surface area contributed by atoms with Gasteiger partial charge in [-0.05, 0) is 28.1 Å². The third-order valence-corrected chi connectivity index (χ3v) is 3.79. The molecular weight excluding hydrogens is 310 g/mol. The van der Waals surface area contributed by atoms with Gasteiger partial charge in [0.2, 0.25) is 0 Å². The topological polar surface area (TPSA) is 62.3 Å². The maximum Gasteiger partial charge on any atom is 0.132 e. The van der Waals surface area contributed by atoms with Crippen LogP contribution < -0.4 is 15.2 Å². The molecule has 1 aromatic heterocycles. The molecule has 19 heavy (non-hydrogen) atoms. The van der Waals surface area contributed by atoms with E-state index < -0.39 is 0 Å². The van der Waals surface area contributed by atoms with E-state index in [4.69, 9.17) is 15.2 Å². The molecule has 6 heteroatoms. The van der Waals surface area contributed by atoms with Crippen LogP contribution in [0.5, 0.6) is 11.5 Å². The van der Waals surface area contributed by atoms with Gasteiger partial charge in [-0.3, -0.25) is 4.68 Å². The smallest absolute Gasteiger partial charge is 0.132 e. The number of benzene rings is 1. The van der Waals surface area contributed by atoms with E-state index in [1.165, 1.54) is 0 Å². The van der Waals surface area contributed by atoms with Crippen molar-refractivity contribution in [3.63, 3.8) is 0 Å². The number of rotatable bonds is 4. The number of ether oxygens (including phenoxy) is 2. The Morgan fingerprint density at radius 3 is 2.58 bits per heavy atom. The number of methoxy groups -OCH3 is 2. The number of aromatic nitrogens is 2. The molecule has 1 aromatic carbocycles. The monoisotopic (exact) mass is 325 g/mol. The second kappa shape index (κ2) is 5.63. The molecule has 1 heterocycles. The minimum Gasteiger partial charge on any atom is -0.497 e. The number of nitrogens with two attached hydrogens (primary N) is 1. The molecule has 102 valence electrons. The maximum absolute atomic E-state index is 5.72. The molecule has 0 aliphatic rings. The van der Waals surface area contributed by atoms with E-state index in [-0.39, 0.29) is 0 Å². The lowest BCUT2D eigenvalue weighted by Crippen LogP contribution is -2.04. The molecule has 0 radical (unpaired) electrons.